The van der Waals surface area contributed by atoms with E-state index in [1.165, 1.54) is 26.0 Å². The molecule has 0 spiro atoms. The molecule has 2 rings (SSSR count). The van der Waals surface area contributed by atoms with Crippen molar-refractivity contribution in [1.82, 2.24) is 10.0 Å². The predicted molar refractivity (Wildman–Crippen MR) is 108 cm³/mol. The van der Waals surface area contributed by atoms with E-state index in [2.05, 4.69) is 10.0 Å². The number of benzene rings is 1. The zero-order chi connectivity index (χ0) is 21.8. The Morgan fingerprint density at radius 3 is 2.34 bits per heavy atom. The number of rotatable bonds is 8. The van der Waals surface area contributed by atoms with Crippen LogP contribution in [0, 0.1) is 0 Å². The summed E-state index contributed by atoms with van der Waals surface area (Å²) < 4.78 is 32.3. The van der Waals surface area contributed by atoms with Crippen molar-refractivity contribution >= 4 is 45.1 Å². The first-order chi connectivity index (χ1) is 13.5. The van der Waals surface area contributed by atoms with Crippen LogP contribution in [0.5, 0.6) is 0 Å². The van der Waals surface area contributed by atoms with Crippen LogP contribution in [0.25, 0.3) is 0 Å². The van der Waals surface area contributed by atoms with E-state index in [9.17, 15) is 23.1 Å². The van der Waals surface area contributed by atoms with Crippen LogP contribution in [0.1, 0.15) is 39.5 Å². The number of carbonyl (C=O) groups excluding carboxylic acids is 2. The third-order valence-corrected chi connectivity index (χ3v) is 6.76. The summed E-state index contributed by atoms with van der Waals surface area (Å²) in [5, 5.41) is 12.9. The van der Waals surface area contributed by atoms with Gasteiger partial charge in [-0.1, -0.05) is 36.0 Å². The van der Waals surface area contributed by atoms with Gasteiger partial charge in [0.15, 0.2) is 6.10 Å². The molecule has 0 aliphatic heterocycles. The van der Waals surface area contributed by atoms with Crippen molar-refractivity contribution in [3.05, 3.63) is 28.2 Å². The average Bonchev–Trinajstić information content (AvgIpc) is 3.14. The lowest BCUT2D eigenvalue weighted by Crippen LogP contribution is -2.50. The van der Waals surface area contributed by atoms with Crippen LogP contribution >= 0.6 is 23.2 Å². The highest BCUT2D eigenvalue weighted by molar-refractivity contribution is 7.89. The van der Waals surface area contributed by atoms with Crippen LogP contribution in [0.3, 0.4) is 0 Å². The topological polar surface area (TPSA) is 122 Å². The summed E-state index contributed by atoms with van der Waals surface area (Å²) in [5.74, 6) is -1.54. The molecule has 0 saturated heterocycles. The van der Waals surface area contributed by atoms with Gasteiger partial charge in [0.05, 0.1) is 21.0 Å². The van der Waals surface area contributed by atoms with E-state index in [4.69, 9.17) is 27.9 Å². The lowest BCUT2D eigenvalue weighted by Gasteiger charge is -2.23. The monoisotopic (exact) mass is 466 g/mol. The SMILES string of the molecule is C[C@H](OC(=O)[C@H](NS(=O)(=O)c1ccc(Cl)c(Cl)c1)[C@H](C)O)C(=O)NC1CCCC1. The number of carbonyl (C=O) groups is 2. The number of hydrogen-bond acceptors (Lipinski definition) is 6. The van der Waals surface area contributed by atoms with Crippen molar-refractivity contribution < 1.29 is 27.9 Å². The molecule has 162 valence electrons. The molecule has 1 aromatic carbocycles. The number of aliphatic hydroxyl groups is 1. The minimum absolute atomic E-state index is 0.0166. The lowest BCUT2D eigenvalue weighted by molar-refractivity contribution is -0.158. The van der Waals surface area contributed by atoms with Crippen LogP contribution < -0.4 is 10.0 Å². The van der Waals surface area contributed by atoms with Crippen LogP contribution in [0.15, 0.2) is 23.1 Å². The van der Waals surface area contributed by atoms with Gasteiger partial charge in [-0.3, -0.25) is 9.59 Å². The van der Waals surface area contributed by atoms with Gasteiger partial charge in [-0.25, -0.2) is 8.42 Å². The molecule has 0 heterocycles. The molecule has 0 bridgehead atoms. The number of halogens is 2. The van der Waals surface area contributed by atoms with Gasteiger partial charge in [0.25, 0.3) is 5.91 Å². The van der Waals surface area contributed by atoms with E-state index in [1.807, 2.05) is 0 Å². The third-order valence-electron chi connectivity index (χ3n) is 4.58. The molecule has 1 amide bonds. The number of amides is 1. The largest absolute Gasteiger partial charge is 0.451 e. The van der Waals surface area contributed by atoms with Gasteiger partial charge < -0.3 is 15.2 Å². The summed E-state index contributed by atoms with van der Waals surface area (Å²) in [6.45, 7) is 2.61. The van der Waals surface area contributed by atoms with Crippen molar-refractivity contribution in [2.75, 3.05) is 0 Å². The van der Waals surface area contributed by atoms with E-state index in [0.717, 1.165) is 31.7 Å². The molecule has 11 heteroatoms. The summed E-state index contributed by atoms with van der Waals surface area (Å²) in [6, 6.07) is 2.05. The van der Waals surface area contributed by atoms with Gasteiger partial charge in [0.1, 0.15) is 6.04 Å². The molecule has 1 aliphatic rings. The van der Waals surface area contributed by atoms with Gasteiger partial charge >= 0.3 is 5.97 Å². The predicted octanol–water partition coefficient (Wildman–Crippen LogP) is 2.01. The van der Waals surface area contributed by atoms with Crippen molar-refractivity contribution in [2.45, 2.75) is 68.7 Å². The number of nitrogens with one attached hydrogen (secondary N) is 2. The molecule has 8 nitrogen and oxygen atoms in total. The molecular weight excluding hydrogens is 443 g/mol. The van der Waals surface area contributed by atoms with Crippen molar-refractivity contribution in [3.63, 3.8) is 0 Å². The second-order valence-corrected chi connectivity index (χ2v) is 9.51. The molecule has 1 aromatic rings. The lowest BCUT2D eigenvalue weighted by atomic mass is 10.2. The summed E-state index contributed by atoms with van der Waals surface area (Å²) in [5.41, 5.74) is 0. The summed E-state index contributed by atoms with van der Waals surface area (Å²) >= 11 is 11.6. The van der Waals surface area contributed by atoms with Gasteiger partial charge in [-0.05, 0) is 44.9 Å². The van der Waals surface area contributed by atoms with Gasteiger partial charge in [-0.15, -0.1) is 0 Å². The molecule has 0 unspecified atom stereocenters. The third kappa shape index (κ3) is 6.55. The van der Waals surface area contributed by atoms with Crippen LogP contribution in [0.2, 0.25) is 10.0 Å². The smallest absolute Gasteiger partial charge is 0.327 e. The van der Waals surface area contributed by atoms with Crippen molar-refractivity contribution in [1.29, 1.82) is 0 Å². The second-order valence-electron chi connectivity index (χ2n) is 6.98. The Morgan fingerprint density at radius 1 is 1.17 bits per heavy atom. The average molecular weight is 467 g/mol. The Hall–Kier alpha value is -1.39. The maximum Gasteiger partial charge on any atom is 0.327 e. The number of aliphatic hydroxyl groups excluding tert-OH is 1. The number of esters is 1. The highest BCUT2D eigenvalue weighted by Gasteiger charge is 2.33. The molecule has 0 aromatic heterocycles. The fourth-order valence-electron chi connectivity index (χ4n) is 2.91. The molecule has 29 heavy (non-hydrogen) atoms. The highest BCUT2D eigenvalue weighted by atomic mass is 35.5. The maximum absolute atomic E-state index is 12.6. The summed E-state index contributed by atoms with van der Waals surface area (Å²) in [6.07, 6.45) is 1.24. The second kappa shape index (κ2) is 10.1. The molecule has 1 fully saturated rings. The van der Waals surface area contributed by atoms with Gasteiger partial charge in [0.2, 0.25) is 10.0 Å². The molecule has 0 radical (unpaired) electrons. The first-order valence-electron chi connectivity index (χ1n) is 9.17. The standard InChI is InChI=1S/C18H24Cl2N2O6S/c1-10(23)16(22-29(26,27)13-7-8-14(19)15(20)9-13)18(25)28-11(2)17(24)21-12-5-3-4-6-12/h7-12,16,22-23H,3-6H2,1-2H3,(H,21,24)/t10-,11-,16+/m0/s1. The number of hydrogen-bond donors (Lipinski definition) is 3. The Labute approximate surface area is 180 Å². The molecule has 1 saturated carbocycles. The summed E-state index contributed by atoms with van der Waals surface area (Å²) in [7, 11) is -4.22. The van der Waals surface area contributed by atoms with Gasteiger partial charge in [0, 0.05) is 6.04 Å². The fourth-order valence-corrected chi connectivity index (χ4v) is 4.56. The first-order valence-corrected chi connectivity index (χ1v) is 11.4. The highest BCUT2D eigenvalue weighted by Crippen LogP contribution is 2.25. The zero-order valence-corrected chi connectivity index (χ0v) is 18.4. The molecule has 3 atom stereocenters. The van der Waals surface area contributed by atoms with E-state index in [1.54, 1.807) is 0 Å². The van der Waals surface area contributed by atoms with Crippen LogP contribution in [-0.2, 0) is 24.3 Å². The van der Waals surface area contributed by atoms with E-state index in [-0.39, 0.29) is 21.0 Å². The van der Waals surface area contributed by atoms with Crippen LogP contribution in [0.4, 0.5) is 0 Å². The first kappa shape index (κ1) is 23.9. The van der Waals surface area contributed by atoms with E-state index < -0.39 is 40.1 Å². The minimum Gasteiger partial charge on any atom is -0.451 e. The minimum atomic E-state index is -4.22. The zero-order valence-electron chi connectivity index (χ0n) is 16.0. The Bertz CT molecular complexity index is 856. The molecule has 3 N–H and O–H groups in total. The Kier molecular flexibility index (Phi) is 8.30. The van der Waals surface area contributed by atoms with Crippen molar-refractivity contribution in [3.8, 4) is 0 Å². The van der Waals surface area contributed by atoms with E-state index in [0.29, 0.717) is 0 Å². The Balaban J connectivity index is 2.06. The fraction of sp³-hybridized carbons (Fsp3) is 0.556. The normalized spacial score (nSPS) is 18.1. The van der Waals surface area contributed by atoms with Crippen LogP contribution in [-0.4, -0.2) is 49.7 Å². The van der Waals surface area contributed by atoms with Gasteiger partial charge in [-0.2, -0.15) is 4.72 Å². The number of ether oxygens (including phenoxy) is 1. The summed E-state index contributed by atoms with van der Waals surface area (Å²) in [4.78, 5) is 24.4. The van der Waals surface area contributed by atoms with E-state index >= 15 is 0 Å². The number of sulfonamides is 1. The Morgan fingerprint density at radius 2 is 1.79 bits per heavy atom. The quantitative estimate of drug-likeness (QED) is 0.503. The molecular formula is C18H24Cl2N2O6S. The van der Waals surface area contributed by atoms with Crippen molar-refractivity contribution in [2.24, 2.45) is 0 Å². The maximum atomic E-state index is 12.6. The molecule has 1 aliphatic carbocycles.